The quantitative estimate of drug-likeness (QED) is 0.846. The lowest BCUT2D eigenvalue weighted by Crippen LogP contribution is -2.49. The first-order valence-corrected chi connectivity index (χ1v) is 7.67. The molecule has 1 amide bonds. The van der Waals surface area contributed by atoms with Gasteiger partial charge in [0.1, 0.15) is 0 Å². The van der Waals surface area contributed by atoms with Crippen molar-refractivity contribution in [2.45, 2.75) is 6.42 Å². The second-order valence-electron chi connectivity index (χ2n) is 5.94. The van der Waals surface area contributed by atoms with E-state index in [1.807, 2.05) is 4.90 Å². The van der Waals surface area contributed by atoms with E-state index in [1.54, 1.807) is 24.3 Å². The highest BCUT2D eigenvalue weighted by molar-refractivity contribution is 5.94. The van der Waals surface area contributed by atoms with Crippen LogP contribution in [0.3, 0.4) is 0 Å². The summed E-state index contributed by atoms with van der Waals surface area (Å²) >= 11 is 0. The van der Waals surface area contributed by atoms with Crippen molar-refractivity contribution in [2.75, 3.05) is 51.7 Å². The molecular formula is C16H23N3O2. The van der Waals surface area contributed by atoms with Gasteiger partial charge >= 0.3 is 0 Å². The number of amides is 1. The molecule has 0 spiro atoms. The molecule has 1 aromatic rings. The number of hydrogen-bond acceptors (Lipinski definition) is 4. The van der Waals surface area contributed by atoms with E-state index in [0.717, 1.165) is 51.5 Å². The minimum Gasteiger partial charge on any atom is -0.399 e. The molecule has 2 N–H and O–H groups in total. The summed E-state index contributed by atoms with van der Waals surface area (Å²) in [6.45, 7) is 6.41. The van der Waals surface area contributed by atoms with Crippen molar-refractivity contribution in [1.82, 2.24) is 9.80 Å². The number of anilines is 1. The average molecular weight is 289 g/mol. The van der Waals surface area contributed by atoms with E-state index in [-0.39, 0.29) is 5.91 Å². The molecule has 2 aliphatic rings. The van der Waals surface area contributed by atoms with Crippen LogP contribution in [0, 0.1) is 5.92 Å². The zero-order valence-electron chi connectivity index (χ0n) is 12.3. The predicted molar refractivity (Wildman–Crippen MR) is 82.1 cm³/mol. The molecule has 114 valence electrons. The second kappa shape index (κ2) is 6.45. The molecule has 0 saturated carbocycles. The van der Waals surface area contributed by atoms with E-state index in [0.29, 0.717) is 11.6 Å². The first-order valence-electron chi connectivity index (χ1n) is 7.67. The molecule has 1 aromatic carbocycles. The lowest BCUT2D eigenvalue weighted by molar-refractivity contribution is 0.0611. The Morgan fingerprint density at radius 1 is 1.19 bits per heavy atom. The highest BCUT2D eigenvalue weighted by atomic mass is 16.5. The number of nitrogens with two attached hydrogens (primary N) is 1. The maximum Gasteiger partial charge on any atom is 0.253 e. The third-order valence-electron chi connectivity index (χ3n) is 4.36. The Balaban J connectivity index is 1.50. The van der Waals surface area contributed by atoms with Crippen LogP contribution in [-0.2, 0) is 4.74 Å². The Labute approximate surface area is 125 Å². The first-order chi connectivity index (χ1) is 10.2. The smallest absolute Gasteiger partial charge is 0.253 e. The second-order valence-corrected chi connectivity index (χ2v) is 5.94. The molecule has 2 saturated heterocycles. The van der Waals surface area contributed by atoms with Crippen molar-refractivity contribution in [3.63, 3.8) is 0 Å². The van der Waals surface area contributed by atoms with Crippen molar-refractivity contribution in [1.29, 1.82) is 0 Å². The van der Waals surface area contributed by atoms with Gasteiger partial charge in [0.05, 0.1) is 6.61 Å². The van der Waals surface area contributed by atoms with E-state index in [1.165, 1.54) is 6.42 Å². The zero-order chi connectivity index (χ0) is 14.7. The number of nitrogens with zero attached hydrogens (tertiary/aromatic N) is 2. The van der Waals surface area contributed by atoms with Gasteiger partial charge in [-0.25, -0.2) is 0 Å². The molecule has 1 unspecified atom stereocenters. The number of carbonyl (C=O) groups is 1. The lowest BCUT2D eigenvalue weighted by Gasteiger charge is -2.35. The van der Waals surface area contributed by atoms with E-state index in [4.69, 9.17) is 10.5 Å². The summed E-state index contributed by atoms with van der Waals surface area (Å²) in [5.74, 6) is 0.781. The molecule has 3 rings (SSSR count). The fraction of sp³-hybridized carbons (Fsp3) is 0.562. The van der Waals surface area contributed by atoms with Crippen molar-refractivity contribution in [2.24, 2.45) is 5.92 Å². The molecule has 0 aromatic heterocycles. The van der Waals surface area contributed by atoms with Gasteiger partial charge in [-0.05, 0) is 36.6 Å². The maximum atomic E-state index is 12.4. The third-order valence-corrected chi connectivity index (χ3v) is 4.36. The predicted octanol–water partition coefficient (Wildman–Crippen LogP) is 1.06. The Morgan fingerprint density at radius 2 is 1.90 bits per heavy atom. The van der Waals surface area contributed by atoms with Crippen molar-refractivity contribution in [3.8, 4) is 0 Å². The molecule has 0 bridgehead atoms. The van der Waals surface area contributed by atoms with E-state index >= 15 is 0 Å². The molecule has 2 fully saturated rings. The normalized spacial score (nSPS) is 23.4. The summed E-state index contributed by atoms with van der Waals surface area (Å²) in [6.07, 6.45) is 1.17. The minimum absolute atomic E-state index is 0.110. The SMILES string of the molecule is Nc1ccc(C(=O)N2CCN(CC3CCOC3)CC2)cc1. The summed E-state index contributed by atoms with van der Waals surface area (Å²) in [6, 6.07) is 7.17. The number of rotatable bonds is 3. The van der Waals surface area contributed by atoms with Crippen LogP contribution in [0.1, 0.15) is 16.8 Å². The number of carbonyl (C=O) groups excluding carboxylic acids is 1. The molecule has 5 nitrogen and oxygen atoms in total. The topological polar surface area (TPSA) is 58.8 Å². The Bertz CT molecular complexity index is 475. The highest BCUT2D eigenvalue weighted by Gasteiger charge is 2.25. The summed E-state index contributed by atoms with van der Waals surface area (Å²) in [5.41, 5.74) is 7.07. The molecule has 0 radical (unpaired) electrons. The van der Waals surface area contributed by atoms with Gasteiger partial charge in [-0.15, -0.1) is 0 Å². The van der Waals surface area contributed by atoms with E-state index in [2.05, 4.69) is 4.90 Å². The van der Waals surface area contributed by atoms with Crippen LogP contribution in [0.2, 0.25) is 0 Å². The van der Waals surface area contributed by atoms with Crippen LogP contribution >= 0.6 is 0 Å². The largest absolute Gasteiger partial charge is 0.399 e. The zero-order valence-corrected chi connectivity index (χ0v) is 12.3. The van der Waals surface area contributed by atoms with Gasteiger partial charge in [0.15, 0.2) is 0 Å². The van der Waals surface area contributed by atoms with Crippen molar-refractivity contribution in [3.05, 3.63) is 29.8 Å². The molecule has 2 heterocycles. The van der Waals surface area contributed by atoms with Gasteiger partial charge in [0.2, 0.25) is 0 Å². The van der Waals surface area contributed by atoms with E-state index in [9.17, 15) is 4.79 Å². The van der Waals surface area contributed by atoms with Crippen molar-refractivity contribution < 1.29 is 9.53 Å². The highest BCUT2D eigenvalue weighted by Crippen LogP contribution is 2.16. The summed E-state index contributed by atoms with van der Waals surface area (Å²) in [5, 5.41) is 0. The average Bonchev–Trinajstić information content (AvgIpc) is 3.01. The number of nitrogen functional groups attached to an aromatic ring is 1. The monoisotopic (exact) mass is 289 g/mol. The third kappa shape index (κ3) is 3.54. The molecular weight excluding hydrogens is 266 g/mol. The Hall–Kier alpha value is -1.59. The first kappa shape index (κ1) is 14.4. The number of hydrogen-bond donors (Lipinski definition) is 1. The maximum absolute atomic E-state index is 12.4. The van der Waals surface area contributed by atoms with Gasteiger partial charge in [-0.3, -0.25) is 9.69 Å². The molecule has 0 aliphatic carbocycles. The summed E-state index contributed by atoms with van der Waals surface area (Å²) in [4.78, 5) is 16.8. The fourth-order valence-corrected chi connectivity index (χ4v) is 3.03. The molecule has 2 aliphatic heterocycles. The van der Waals surface area contributed by atoms with Gasteiger partial charge in [0, 0.05) is 50.6 Å². The lowest BCUT2D eigenvalue weighted by atomic mass is 10.1. The van der Waals surface area contributed by atoms with Crippen LogP contribution in [-0.4, -0.2) is 61.6 Å². The van der Waals surface area contributed by atoms with Crippen LogP contribution in [0.15, 0.2) is 24.3 Å². The van der Waals surface area contributed by atoms with E-state index < -0.39 is 0 Å². The van der Waals surface area contributed by atoms with Crippen LogP contribution < -0.4 is 5.73 Å². The van der Waals surface area contributed by atoms with Crippen LogP contribution in [0.25, 0.3) is 0 Å². The van der Waals surface area contributed by atoms with Crippen molar-refractivity contribution >= 4 is 11.6 Å². The van der Waals surface area contributed by atoms with Gasteiger partial charge in [-0.1, -0.05) is 0 Å². The number of benzene rings is 1. The summed E-state index contributed by atoms with van der Waals surface area (Å²) in [7, 11) is 0. The van der Waals surface area contributed by atoms with Gasteiger partial charge < -0.3 is 15.4 Å². The molecule has 1 atom stereocenters. The summed E-state index contributed by atoms with van der Waals surface area (Å²) < 4.78 is 5.42. The van der Waals surface area contributed by atoms with Gasteiger partial charge in [-0.2, -0.15) is 0 Å². The Morgan fingerprint density at radius 3 is 2.52 bits per heavy atom. The van der Waals surface area contributed by atoms with Crippen LogP contribution in [0.5, 0.6) is 0 Å². The number of ether oxygens (including phenoxy) is 1. The number of piperazine rings is 1. The Kier molecular flexibility index (Phi) is 4.41. The van der Waals surface area contributed by atoms with Gasteiger partial charge in [0.25, 0.3) is 5.91 Å². The van der Waals surface area contributed by atoms with Crippen LogP contribution in [0.4, 0.5) is 5.69 Å². The fourth-order valence-electron chi connectivity index (χ4n) is 3.03. The molecule has 5 heteroatoms. The minimum atomic E-state index is 0.110. The standard InChI is InChI=1S/C16H23N3O2/c17-15-3-1-14(2-4-15)16(20)19-8-6-18(7-9-19)11-13-5-10-21-12-13/h1-4,13H,5-12,17H2. The molecule has 21 heavy (non-hydrogen) atoms.